The van der Waals surface area contributed by atoms with Gasteiger partial charge in [-0.15, -0.1) is 0 Å². The van der Waals surface area contributed by atoms with E-state index < -0.39 is 10.0 Å². The largest absolute Gasteiger partial charge is 0.355 e. The van der Waals surface area contributed by atoms with E-state index in [0.717, 1.165) is 38.8 Å². The molecular formula is C11H23N3O3S. The summed E-state index contributed by atoms with van der Waals surface area (Å²) in [6.45, 7) is 3.82. The van der Waals surface area contributed by atoms with E-state index in [9.17, 15) is 13.2 Å². The number of piperidine rings is 1. The third-order valence-electron chi connectivity index (χ3n) is 3.44. The molecule has 1 aliphatic rings. The van der Waals surface area contributed by atoms with Gasteiger partial charge in [-0.1, -0.05) is 13.3 Å². The number of amides is 1. The first-order valence-corrected chi connectivity index (χ1v) is 8.11. The third kappa shape index (κ3) is 4.55. The van der Waals surface area contributed by atoms with Gasteiger partial charge in [0.2, 0.25) is 15.9 Å². The molecule has 1 fully saturated rings. The summed E-state index contributed by atoms with van der Waals surface area (Å²) >= 11 is 0. The van der Waals surface area contributed by atoms with Crippen LogP contribution in [-0.4, -0.2) is 39.7 Å². The SMILES string of the molecule is CCCC1(C(=O)NCCS(N)(=O)=O)CCNCC1. The molecule has 0 atom stereocenters. The molecule has 0 unspecified atom stereocenters. The van der Waals surface area contributed by atoms with Crippen LogP contribution in [0.25, 0.3) is 0 Å². The van der Waals surface area contributed by atoms with Gasteiger partial charge in [0.05, 0.1) is 11.2 Å². The van der Waals surface area contributed by atoms with Crippen molar-refractivity contribution in [3.63, 3.8) is 0 Å². The average Bonchev–Trinajstić information content (AvgIpc) is 2.29. The Hall–Kier alpha value is -0.660. The van der Waals surface area contributed by atoms with Gasteiger partial charge in [0.15, 0.2) is 0 Å². The normalized spacial score (nSPS) is 19.4. The summed E-state index contributed by atoms with van der Waals surface area (Å²) in [7, 11) is -3.51. The van der Waals surface area contributed by atoms with Crippen LogP contribution < -0.4 is 15.8 Å². The summed E-state index contributed by atoms with van der Waals surface area (Å²) in [4.78, 5) is 12.2. The Kier molecular flexibility index (Phi) is 5.55. The molecule has 1 heterocycles. The van der Waals surface area contributed by atoms with Crippen molar-refractivity contribution in [2.75, 3.05) is 25.4 Å². The highest BCUT2D eigenvalue weighted by Gasteiger charge is 2.38. The van der Waals surface area contributed by atoms with Crippen molar-refractivity contribution in [1.29, 1.82) is 0 Å². The zero-order valence-electron chi connectivity index (χ0n) is 10.9. The van der Waals surface area contributed by atoms with Gasteiger partial charge in [0.25, 0.3) is 0 Å². The molecule has 1 amide bonds. The van der Waals surface area contributed by atoms with Crippen LogP contribution in [0.3, 0.4) is 0 Å². The van der Waals surface area contributed by atoms with Crippen molar-refractivity contribution in [2.24, 2.45) is 10.6 Å². The average molecular weight is 277 g/mol. The van der Waals surface area contributed by atoms with E-state index in [2.05, 4.69) is 17.6 Å². The van der Waals surface area contributed by atoms with E-state index in [1.54, 1.807) is 0 Å². The van der Waals surface area contributed by atoms with E-state index in [0.29, 0.717) is 0 Å². The van der Waals surface area contributed by atoms with E-state index in [1.807, 2.05) is 0 Å². The molecule has 0 bridgehead atoms. The molecule has 0 spiro atoms. The van der Waals surface area contributed by atoms with Crippen molar-refractivity contribution in [3.8, 4) is 0 Å². The van der Waals surface area contributed by atoms with Gasteiger partial charge in [-0.05, 0) is 32.4 Å². The summed E-state index contributed by atoms with van der Waals surface area (Å²) in [6.07, 6.45) is 3.41. The van der Waals surface area contributed by atoms with Gasteiger partial charge in [-0.2, -0.15) is 0 Å². The highest BCUT2D eigenvalue weighted by atomic mass is 32.2. The van der Waals surface area contributed by atoms with Crippen molar-refractivity contribution in [3.05, 3.63) is 0 Å². The lowest BCUT2D eigenvalue weighted by Gasteiger charge is -2.36. The molecule has 106 valence electrons. The van der Waals surface area contributed by atoms with Crippen molar-refractivity contribution in [2.45, 2.75) is 32.6 Å². The van der Waals surface area contributed by atoms with Gasteiger partial charge in [-0.3, -0.25) is 4.79 Å². The molecule has 7 heteroatoms. The first-order valence-electron chi connectivity index (χ1n) is 6.39. The summed E-state index contributed by atoms with van der Waals surface area (Å²) in [5, 5.41) is 10.8. The topological polar surface area (TPSA) is 101 Å². The molecule has 1 aliphatic heterocycles. The Labute approximate surface area is 109 Å². The van der Waals surface area contributed by atoms with Crippen LogP contribution in [0.4, 0.5) is 0 Å². The Bertz CT molecular complexity index is 369. The minimum atomic E-state index is -3.51. The van der Waals surface area contributed by atoms with Crippen molar-refractivity contribution >= 4 is 15.9 Å². The van der Waals surface area contributed by atoms with Gasteiger partial charge >= 0.3 is 0 Å². The zero-order valence-corrected chi connectivity index (χ0v) is 11.7. The highest BCUT2D eigenvalue weighted by Crippen LogP contribution is 2.34. The summed E-state index contributed by atoms with van der Waals surface area (Å²) in [5.41, 5.74) is -0.335. The summed E-state index contributed by atoms with van der Waals surface area (Å²) in [6, 6.07) is 0. The number of nitrogens with one attached hydrogen (secondary N) is 2. The fourth-order valence-corrected chi connectivity index (χ4v) is 2.86. The molecule has 0 aromatic heterocycles. The summed E-state index contributed by atoms with van der Waals surface area (Å²) < 4.78 is 21.6. The number of primary sulfonamides is 1. The lowest BCUT2D eigenvalue weighted by molar-refractivity contribution is -0.133. The fraction of sp³-hybridized carbons (Fsp3) is 0.909. The number of carbonyl (C=O) groups excluding carboxylic acids is 1. The monoisotopic (exact) mass is 277 g/mol. The van der Waals surface area contributed by atoms with Crippen LogP contribution in [-0.2, 0) is 14.8 Å². The predicted molar refractivity (Wildman–Crippen MR) is 70.4 cm³/mol. The summed E-state index contributed by atoms with van der Waals surface area (Å²) in [5.74, 6) is -0.242. The Morgan fingerprint density at radius 2 is 2.00 bits per heavy atom. The molecule has 0 aromatic carbocycles. The first-order chi connectivity index (χ1) is 8.40. The van der Waals surface area contributed by atoms with E-state index >= 15 is 0 Å². The number of rotatable bonds is 6. The molecular weight excluding hydrogens is 254 g/mol. The van der Waals surface area contributed by atoms with Crippen molar-refractivity contribution < 1.29 is 13.2 Å². The molecule has 18 heavy (non-hydrogen) atoms. The number of hydrogen-bond donors (Lipinski definition) is 3. The molecule has 0 radical (unpaired) electrons. The number of nitrogens with two attached hydrogens (primary N) is 1. The van der Waals surface area contributed by atoms with Gasteiger partial charge in [-0.25, -0.2) is 13.6 Å². The lowest BCUT2D eigenvalue weighted by Crippen LogP contribution is -2.48. The Morgan fingerprint density at radius 1 is 1.39 bits per heavy atom. The van der Waals surface area contributed by atoms with Gasteiger partial charge < -0.3 is 10.6 Å². The lowest BCUT2D eigenvalue weighted by atomic mass is 9.74. The minimum Gasteiger partial charge on any atom is -0.355 e. The molecule has 6 nitrogen and oxygen atoms in total. The van der Waals surface area contributed by atoms with E-state index in [1.165, 1.54) is 0 Å². The molecule has 4 N–H and O–H groups in total. The predicted octanol–water partition coefficient (Wildman–Crippen LogP) is -0.439. The number of carbonyl (C=O) groups is 1. The molecule has 0 saturated carbocycles. The minimum absolute atomic E-state index is 0.0329. The fourth-order valence-electron chi connectivity index (χ4n) is 2.47. The second-order valence-electron chi connectivity index (χ2n) is 4.90. The Balaban J connectivity index is 2.54. The van der Waals surface area contributed by atoms with Gasteiger partial charge in [0, 0.05) is 6.54 Å². The maximum absolute atomic E-state index is 12.2. The van der Waals surface area contributed by atoms with E-state index in [-0.39, 0.29) is 23.6 Å². The molecule has 0 aromatic rings. The van der Waals surface area contributed by atoms with Gasteiger partial charge in [0.1, 0.15) is 0 Å². The van der Waals surface area contributed by atoms with Crippen LogP contribution in [0.5, 0.6) is 0 Å². The van der Waals surface area contributed by atoms with Crippen LogP contribution in [0.1, 0.15) is 32.6 Å². The maximum Gasteiger partial charge on any atom is 0.226 e. The zero-order chi connectivity index (χ0) is 13.6. The second kappa shape index (κ2) is 6.49. The van der Waals surface area contributed by atoms with Crippen LogP contribution in [0.2, 0.25) is 0 Å². The highest BCUT2D eigenvalue weighted by molar-refractivity contribution is 7.89. The van der Waals surface area contributed by atoms with Crippen LogP contribution in [0, 0.1) is 5.41 Å². The molecule has 1 rings (SSSR count). The third-order valence-corrected chi connectivity index (χ3v) is 4.22. The van der Waals surface area contributed by atoms with Crippen LogP contribution >= 0.6 is 0 Å². The quantitative estimate of drug-likeness (QED) is 0.612. The van der Waals surface area contributed by atoms with Crippen molar-refractivity contribution in [1.82, 2.24) is 10.6 Å². The standard InChI is InChI=1S/C11H23N3O3S/c1-2-3-11(4-6-13-7-5-11)10(15)14-8-9-18(12,16)17/h13H,2-9H2,1H3,(H,14,15)(H2,12,16,17). The van der Waals surface area contributed by atoms with E-state index in [4.69, 9.17) is 5.14 Å². The number of sulfonamides is 1. The molecule has 0 aliphatic carbocycles. The second-order valence-corrected chi connectivity index (χ2v) is 6.64. The molecule has 1 saturated heterocycles. The number of hydrogen-bond acceptors (Lipinski definition) is 4. The smallest absolute Gasteiger partial charge is 0.226 e. The van der Waals surface area contributed by atoms with Crippen LogP contribution in [0.15, 0.2) is 0 Å². The first kappa shape index (κ1) is 15.4. The Morgan fingerprint density at radius 3 is 2.50 bits per heavy atom. The maximum atomic E-state index is 12.2.